The Kier molecular flexibility index (Phi) is 3.63. The molecule has 1 saturated carbocycles. The van der Waals surface area contributed by atoms with Gasteiger partial charge < -0.3 is 9.52 Å². The van der Waals surface area contributed by atoms with Crippen molar-refractivity contribution in [3.63, 3.8) is 0 Å². The molecule has 1 aliphatic carbocycles. The molecule has 0 spiro atoms. The van der Waals surface area contributed by atoms with Crippen LogP contribution in [0, 0.1) is 11.8 Å². The van der Waals surface area contributed by atoms with E-state index in [2.05, 4.69) is 18.7 Å². The second-order valence-electron chi connectivity index (χ2n) is 8.57. The van der Waals surface area contributed by atoms with Gasteiger partial charge in [0.25, 0.3) is 0 Å². The van der Waals surface area contributed by atoms with Crippen LogP contribution in [-0.2, 0) is 6.42 Å². The van der Waals surface area contributed by atoms with E-state index in [0.717, 1.165) is 29.2 Å². The molecule has 3 heteroatoms. The molecule has 25 heavy (non-hydrogen) atoms. The summed E-state index contributed by atoms with van der Waals surface area (Å²) in [6.45, 7) is 5.95. The van der Waals surface area contributed by atoms with E-state index in [9.17, 15) is 5.11 Å². The van der Waals surface area contributed by atoms with Crippen LogP contribution in [0.2, 0.25) is 0 Å². The highest BCUT2D eigenvalue weighted by molar-refractivity contribution is 5.84. The molecule has 3 nitrogen and oxygen atoms in total. The van der Waals surface area contributed by atoms with E-state index in [0.29, 0.717) is 23.8 Å². The van der Waals surface area contributed by atoms with Crippen molar-refractivity contribution in [2.24, 2.45) is 11.8 Å². The SMILES string of the molecule is CCC[C@H]1C[C@H]2C[C@H]3c4oc5ccc(O)cc5c4C[C@H](CC)N(C2)C13. The quantitative estimate of drug-likeness (QED) is 0.848. The molecule has 1 aromatic carbocycles. The lowest BCUT2D eigenvalue weighted by Crippen LogP contribution is -2.59. The summed E-state index contributed by atoms with van der Waals surface area (Å²) in [7, 11) is 0. The molecule has 0 amide bonds. The molecule has 6 atom stereocenters. The third kappa shape index (κ3) is 2.28. The smallest absolute Gasteiger partial charge is 0.134 e. The van der Waals surface area contributed by atoms with E-state index >= 15 is 0 Å². The zero-order valence-electron chi connectivity index (χ0n) is 15.4. The fraction of sp³-hybridized carbons (Fsp3) is 0.636. The number of phenolic OH excluding ortho intramolecular Hbond substituents is 1. The van der Waals surface area contributed by atoms with Crippen LogP contribution in [-0.4, -0.2) is 28.6 Å². The first kappa shape index (κ1) is 15.7. The second kappa shape index (κ2) is 5.77. The number of furan rings is 1. The number of hydrogen-bond donors (Lipinski definition) is 1. The summed E-state index contributed by atoms with van der Waals surface area (Å²) in [5.74, 6) is 3.79. The summed E-state index contributed by atoms with van der Waals surface area (Å²) >= 11 is 0. The molecule has 3 aliphatic heterocycles. The zero-order chi connectivity index (χ0) is 17.1. The largest absolute Gasteiger partial charge is 0.508 e. The van der Waals surface area contributed by atoms with Gasteiger partial charge in [-0.1, -0.05) is 20.3 Å². The van der Waals surface area contributed by atoms with Crippen molar-refractivity contribution in [1.29, 1.82) is 0 Å². The van der Waals surface area contributed by atoms with Gasteiger partial charge in [-0.25, -0.2) is 0 Å². The van der Waals surface area contributed by atoms with E-state index in [1.54, 1.807) is 6.07 Å². The summed E-state index contributed by atoms with van der Waals surface area (Å²) < 4.78 is 6.45. The standard InChI is InChI=1S/C22H29NO2/c1-3-5-14-8-13-9-19-21(14)23(12-13)15(4-2)10-18-17-11-16(24)6-7-20(17)25-22(18)19/h6-7,11,13-15,19,21,24H,3-5,8-10,12H2,1-2H3/t13-,14-,15-,19+,21?/m0/s1. The van der Waals surface area contributed by atoms with Crippen molar-refractivity contribution in [3.8, 4) is 5.75 Å². The highest BCUT2D eigenvalue weighted by Crippen LogP contribution is 2.53. The molecule has 2 aromatic rings. The van der Waals surface area contributed by atoms with Crippen molar-refractivity contribution >= 4 is 11.0 Å². The number of aromatic hydroxyl groups is 1. The maximum atomic E-state index is 10.00. The van der Waals surface area contributed by atoms with Gasteiger partial charge in [0.05, 0.1) is 0 Å². The van der Waals surface area contributed by atoms with Gasteiger partial charge in [-0.05, 0) is 62.1 Å². The Labute approximate surface area is 150 Å². The van der Waals surface area contributed by atoms with Crippen LogP contribution in [0.3, 0.4) is 0 Å². The minimum Gasteiger partial charge on any atom is -0.508 e. The number of fused-ring (bicyclic) bond motifs is 4. The molecule has 6 rings (SSSR count). The normalized spacial score (nSPS) is 36.4. The number of hydrogen-bond acceptors (Lipinski definition) is 3. The van der Waals surface area contributed by atoms with Crippen LogP contribution in [0.5, 0.6) is 5.75 Å². The topological polar surface area (TPSA) is 36.6 Å². The summed E-state index contributed by atoms with van der Waals surface area (Å²) in [6.07, 6.45) is 7.60. The lowest BCUT2D eigenvalue weighted by atomic mass is 9.65. The molecular formula is C22H29NO2. The summed E-state index contributed by atoms with van der Waals surface area (Å²) in [5.41, 5.74) is 2.34. The Hall–Kier alpha value is -1.48. The fourth-order valence-electron chi connectivity index (χ4n) is 6.27. The Morgan fingerprint density at radius 2 is 2.12 bits per heavy atom. The van der Waals surface area contributed by atoms with E-state index < -0.39 is 0 Å². The first-order valence-corrected chi connectivity index (χ1v) is 10.2. The molecule has 0 radical (unpaired) electrons. The van der Waals surface area contributed by atoms with E-state index in [-0.39, 0.29) is 0 Å². The first-order valence-electron chi connectivity index (χ1n) is 10.2. The molecule has 1 N–H and O–H groups in total. The minimum absolute atomic E-state index is 0.349. The number of benzene rings is 1. The second-order valence-corrected chi connectivity index (χ2v) is 8.57. The maximum absolute atomic E-state index is 10.00. The van der Waals surface area contributed by atoms with E-state index in [1.807, 2.05) is 12.1 Å². The van der Waals surface area contributed by atoms with Gasteiger partial charge in [-0.3, -0.25) is 4.90 Å². The van der Waals surface area contributed by atoms with Gasteiger partial charge in [0.1, 0.15) is 17.1 Å². The van der Waals surface area contributed by atoms with Crippen molar-refractivity contribution in [2.75, 3.05) is 6.54 Å². The molecule has 3 fully saturated rings. The van der Waals surface area contributed by atoms with Crippen molar-refractivity contribution in [2.45, 2.75) is 70.4 Å². The number of phenols is 1. The number of piperidine rings is 2. The van der Waals surface area contributed by atoms with Crippen LogP contribution < -0.4 is 0 Å². The minimum atomic E-state index is 0.349. The molecule has 4 heterocycles. The molecule has 4 aliphatic rings. The van der Waals surface area contributed by atoms with Gasteiger partial charge in [0.15, 0.2) is 0 Å². The van der Waals surface area contributed by atoms with Gasteiger partial charge in [0.2, 0.25) is 0 Å². The summed E-state index contributed by atoms with van der Waals surface area (Å²) in [4.78, 5) is 2.85. The van der Waals surface area contributed by atoms with Crippen molar-refractivity contribution < 1.29 is 9.52 Å². The molecule has 2 saturated heterocycles. The average molecular weight is 339 g/mol. The summed E-state index contributed by atoms with van der Waals surface area (Å²) in [6, 6.07) is 6.88. The van der Waals surface area contributed by atoms with Crippen LogP contribution in [0.25, 0.3) is 11.0 Å². The number of rotatable bonds is 3. The van der Waals surface area contributed by atoms with Crippen LogP contribution in [0.15, 0.2) is 22.6 Å². The van der Waals surface area contributed by atoms with Crippen LogP contribution >= 0.6 is 0 Å². The molecule has 134 valence electrons. The lowest BCUT2D eigenvalue weighted by Gasteiger charge is -2.55. The molecular weight excluding hydrogens is 310 g/mol. The molecule has 4 bridgehead atoms. The third-order valence-electron chi connectivity index (χ3n) is 7.15. The van der Waals surface area contributed by atoms with Gasteiger partial charge >= 0.3 is 0 Å². The first-order chi connectivity index (χ1) is 12.2. The van der Waals surface area contributed by atoms with Crippen molar-refractivity contribution in [3.05, 3.63) is 29.5 Å². The maximum Gasteiger partial charge on any atom is 0.134 e. The Bertz CT molecular complexity index is 795. The van der Waals surface area contributed by atoms with Gasteiger partial charge in [-0.2, -0.15) is 0 Å². The summed E-state index contributed by atoms with van der Waals surface area (Å²) in [5, 5.41) is 11.1. The zero-order valence-corrected chi connectivity index (χ0v) is 15.4. The monoisotopic (exact) mass is 339 g/mol. The van der Waals surface area contributed by atoms with Gasteiger partial charge in [0, 0.05) is 35.5 Å². The number of nitrogens with zero attached hydrogens (tertiary/aromatic N) is 1. The van der Waals surface area contributed by atoms with Crippen LogP contribution in [0.4, 0.5) is 0 Å². The predicted octanol–water partition coefficient (Wildman–Crippen LogP) is 5.07. The molecule has 2 unspecified atom stereocenters. The fourth-order valence-corrected chi connectivity index (χ4v) is 6.27. The predicted molar refractivity (Wildman–Crippen MR) is 100 cm³/mol. The van der Waals surface area contributed by atoms with Crippen molar-refractivity contribution in [1.82, 2.24) is 4.90 Å². The van der Waals surface area contributed by atoms with Gasteiger partial charge in [-0.15, -0.1) is 0 Å². The lowest BCUT2D eigenvalue weighted by molar-refractivity contribution is -0.0448. The van der Waals surface area contributed by atoms with Crippen LogP contribution in [0.1, 0.15) is 63.2 Å². The Balaban J connectivity index is 1.68. The Morgan fingerprint density at radius 1 is 1.24 bits per heavy atom. The average Bonchev–Trinajstić information content (AvgIpc) is 2.93. The third-order valence-corrected chi connectivity index (χ3v) is 7.15. The van der Waals surface area contributed by atoms with E-state index in [1.165, 1.54) is 50.0 Å². The highest BCUT2D eigenvalue weighted by Gasteiger charge is 2.51. The molecule has 1 aromatic heterocycles. The highest BCUT2D eigenvalue weighted by atomic mass is 16.3. The van der Waals surface area contributed by atoms with E-state index in [4.69, 9.17) is 4.42 Å². The Morgan fingerprint density at radius 3 is 2.92 bits per heavy atom.